The molecule has 0 radical (unpaired) electrons. The van der Waals surface area contributed by atoms with Crippen molar-refractivity contribution in [1.29, 1.82) is 0 Å². The molecule has 1 aliphatic heterocycles. The van der Waals surface area contributed by atoms with Crippen LogP contribution in [0.1, 0.15) is 24.8 Å². The maximum atomic E-state index is 13.7. The van der Waals surface area contributed by atoms with Crippen LogP contribution in [0, 0.1) is 11.7 Å². The van der Waals surface area contributed by atoms with Gasteiger partial charge in [0.15, 0.2) is 0 Å². The number of imide groups is 1. The van der Waals surface area contributed by atoms with E-state index in [0.29, 0.717) is 0 Å². The first kappa shape index (κ1) is 12.0. The Bertz CT molecular complexity index is 469. The molecule has 17 heavy (non-hydrogen) atoms. The molecule has 1 fully saturated rings. The molecule has 0 bridgehead atoms. The molecule has 0 aliphatic carbocycles. The van der Waals surface area contributed by atoms with Gasteiger partial charge in [0.05, 0.1) is 0 Å². The molecule has 5 heteroatoms. The first-order chi connectivity index (χ1) is 8.00. The van der Waals surface area contributed by atoms with E-state index in [-0.39, 0.29) is 22.9 Å². The number of piperidine rings is 1. The zero-order valence-corrected chi connectivity index (χ0v) is 9.92. The normalized spacial score (nSPS) is 24.6. The number of halogens is 2. The van der Waals surface area contributed by atoms with Gasteiger partial charge in [-0.25, -0.2) is 4.39 Å². The summed E-state index contributed by atoms with van der Waals surface area (Å²) in [6, 6.07) is 4.34. The summed E-state index contributed by atoms with van der Waals surface area (Å²) in [4.78, 5) is 22.8. The maximum absolute atomic E-state index is 13.7. The SMILES string of the molecule is CC1C(=O)NC(=O)CC1c1c(F)cccc1Cl. The maximum Gasteiger partial charge on any atom is 0.230 e. The third-order valence-electron chi connectivity index (χ3n) is 3.06. The van der Waals surface area contributed by atoms with E-state index in [4.69, 9.17) is 11.6 Å². The lowest BCUT2D eigenvalue weighted by molar-refractivity contribution is -0.136. The summed E-state index contributed by atoms with van der Waals surface area (Å²) >= 11 is 5.94. The molecule has 2 rings (SSSR count). The van der Waals surface area contributed by atoms with Gasteiger partial charge in [-0.2, -0.15) is 0 Å². The van der Waals surface area contributed by atoms with Crippen molar-refractivity contribution in [3.05, 3.63) is 34.6 Å². The Balaban J connectivity index is 2.44. The minimum absolute atomic E-state index is 0.0769. The Labute approximate surface area is 103 Å². The van der Waals surface area contributed by atoms with Crippen molar-refractivity contribution < 1.29 is 14.0 Å². The molecule has 0 spiro atoms. The molecule has 1 N–H and O–H groups in total. The minimum atomic E-state index is -0.495. The van der Waals surface area contributed by atoms with Gasteiger partial charge in [-0.1, -0.05) is 24.6 Å². The van der Waals surface area contributed by atoms with E-state index in [1.54, 1.807) is 13.0 Å². The van der Waals surface area contributed by atoms with E-state index < -0.39 is 23.6 Å². The Morgan fingerprint density at radius 3 is 2.76 bits per heavy atom. The van der Waals surface area contributed by atoms with Crippen molar-refractivity contribution in [3.63, 3.8) is 0 Å². The molecule has 0 aromatic heterocycles. The quantitative estimate of drug-likeness (QED) is 0.783. The van der Waals surface area contributed by atoms with Crippen molar-refractivity contribution in [2.45, 2.75) is 19.3 Å². The number of hydrogen-bond acceptors (Lipinski definition) is 2. The van der Waals surface area contributed by atoms with Crippen LogP contribution in [0.25, 0.3) is 0 Å². The summed E-state index contributed by atoms with van der Waals surface area (Å²) in [6.45, 7) is 1.66. The van der Waals surface area contributed by atoms with Crippen LogP contribution < -0.4 is 5.32 Å². The molecule has 2 atom stereocenters. The lowest BCUT2D eigenvalue weighted by Gasteiger charge is -2.28. The number of benzene rings is 1. The second kappa shape index (κ2) is 4.45. The van der Waals surface area contributed by atoms with Crippen LogP contribution in [0.2, 0.25) is 5.02 Å². The van der Waals surface area contributed by atoms with Gasteiger partial charge in [0, 0.05) is 28.8 Å². The lowest BCUT2D eigenvalue weighted by Crippen LogP contribution is -2.43. The van der Waals surface area contributed by atoms with E-state index in [1.165, 1.54) is 12.1 Å². The molecule has 3 nitrogen and oxygen atoms in total. The largest absolute Gasteiger partial charge is 0.296 e. The highest BCUT2D eigenvalue weighted by Crippen LogP contribution is 2.36. The van der Waals surface area contributed by atoms with Crippen molar-refractivity contribution in [3.8, 4) is 0 Å². The zero-order valence-electron chi connectivity index (χ0n) is 9.17. The third-order valence-corrected chi connectivity index (χ3v) is 3.39. The van der Waals surface area contributed by atoms with Crippen LogP contribution in [0.15, 0.2) is 18.2 Å². The molecule has 1 aromatic rings. The average Bonchev–Trinajstić information content (AvgIpc) is 2.24. The third kappa shape index (κ3) is 2.17. The zero-order chi connectivity index (χ0) is 12.6. The van der Waals surface area contributed by atoms with Crippen LogP contribution in [-0.4, -0.2) is 11.8 Å². The summed E-state index contributed by atoms with van der Waals surface area (Å²) in [5.74, 6) is -2.22. The molecule has 1 heterocycles. The van der Waals surface area contributed by atoms with Gasteiger partial charge < -0.3 is 0 Å². The second-order valence-electron chi connectivity index (χ2n) is 4.15. The number of carbonyl (C=O) groups excluding carboxylic acids is 2. The molecule has 1 aromatic carbocycles. The number of hydrogen-bond donors (Lipinski definition) is 1. The fourth-order valence-electron chi connectivity index (χ4n) is 2.08. The van der Waals surface area contributed by atoms with Crippen LogP contribution in [0.3, 0.4) is 0 Å². The molecule has 0 saturated carbocycles. The second-order valence-corrected chi connectivity index (χ2v) is 4.55. The molecule has 2 unspecified atom stereocenters. The van der Waals surface area contributed by atoms with E-state index in [1.807, 2.05) is 0 Å². The van der Waals surface area contributed by atoms with Crippen molar-refractivity contribution in [2.24, 2.45) is 5.92 Å². The summed E-state index contributed by atoms with van der Waals surface area (Å²) in [6.07, 6.45) is 0.0769. The Hall–Kier alpha value is -1.42. The van der Waals surface area contributed by atoms with Gasteiger partial charge in [-0.3, -0.25) is 14.9 Å². The van der Waals surface area contributed by atoms with Gasteiger partial charge in [-0.05, 0) is 12.1 Å². The summed E-state index contributed by atoms with van der Waals surface area (Å²) < 4.78 is 13.7. The first-order valence-electron chi connectivity index (χ1n) is 5.28. The highest BCUT2D eigenvalue weighted by Gasteiger charge is 2.36. The summed E-state index contributed by atoms with van der Waals surface area (Å²) in [7, 11) is 0. The van der Waals surface area contributed by atoms with E-state index in [2.05, 4.69) is 5.32 Å². The Morgan fingerprint density at radius 2 is 2.12 bits per heavy atom. The number of carbonyl (C=O) groups is 2. The fourth-order valence-corrected chi connectivity index (χ4v) is 2.38. The van der Waals surface area contributed by atoms with Crippen molar-refractivity contribution in [2.75, 3.05) is 0 Å². The molecular formula is C12H11ClFNO2. The highest BCUT2D eigenvalue weighted by molar-refractivity contribution is 6.31. The van der Waals surface area contributed by atoms with E-state index >= 15 is 0 Å². The first-order valence-corrected chi connectivity index (χ1v) is 5.66. The monoisotopic (exact) mass is 255 g/mol. The van der Waals surface area contributed by atoms with Crippen LogP contribution in [-0.2, 0) is 9.59 Å². The molecule has 1 saturated heterocycles. The van der Waals surface area contributed by atoms with Crippen LogP contribution in [0.4, 0.5) is 4.39 Å². The van der Waals surface area contributed by atoms with Gasteiger partial charge in [0.2, 0.25) is 11.8 Å². The van der Waals surface area contributed by atoms with E-state index in [9.17, 15) is 14.0 Å². The van der Waals surface area contributed by atoms with Crippen molar-refractivity contribution in [1.82, 2.24) is 5.32 Å². The molecule has 90 valence electrons. The number of nitrogens with one attached hydrogen (secondary N) is 1. The topological polar surface area (TPSA) is 46.2 Å². The predicted octanol–water partition coefficient (Wildman–Crippen LogP) is 2.25. The average molecular weight is 256 g/mol. The minimum Gasteiger partial charge on any atom is -0.296 e. The smallest absolute Gasteiger partial charge is 0.230 e. The van der Waals surface area contributed by atoms with Gasteiger partial charge in [0.1, 0.15) is 5.82 Å². The number of amides is 2. The van der Waals surface area contributed by atoms with Gasteiger partial charge in [0.25, 0.3) is 0 Å². The predicted molar refractivity (Wildman–Crippen MR) is 61.1 cm³/mol. The van der Waals surface area contributed by atoms with E-state index in [0.717, 1.165) is 0 Å². The number of rotatable bonds is 1. The van der Waals surface area contributed by atoms with Crippen LogP contribution in [0.5, 0.6) is 0 Å². The Kier molecular flexibility index (Phi) is 3.15. The summed E-state index contributed by atoms with van der Waals surface area (Å²) in [5, 5.41) is 2.48. The molecule has 2 amide bonds. The van der Waals surface area contributed by atoms with Gasteiger partial charge >= 0.3 is 0 Å². The Morgan fingerprint density at radius 1 is 1.41 bits per heavy atom. The van der Waals surface area contributed by atoms with Crippen LogP contribution >= 0.6 is 11.6 Å². The van der Waals surface area contributed by atoms with Gasteiger partial charge in [-0.15, -0.1) is 0 Å². The summed E-state index contributed by atoms with van der Waals surface area (Å²) in [5.41, 5.74) is 0.255. The standard InChI is InChI=1S/C12H11ClFNO2/c1-6-7(5-10(16)15-12(6)17)11-8(13)3-2-4-9(11)14/h2-4,6-7H,5H2,1H3,(H,15,16,17). The fraction of sp³-hybridized carbons (Fsp3) is 0.333. The molecule has 1 aliphatic rings. The highest BCUT2D eigenvalue weighted by atomic mass is 35.5. The van der Waals surface area contributed by atoms with Crippen molar-refractivity contribution >= 4 is 23.4 Å². The lowest BCUT2D eigenvalue weighted by atomic mass is 9.81. The molecular weight excluding hydrogens is 245 g/mol.